The molecule has 0 saturated carbocycles. The highest BCUT2D eigenvalue weighted by atomic mass is 16.5. The molecule has 2 amide bonds. The van der Waals surface area contributed by atoms with Crippen LogP contribution in [0.15, 0.2) is 72.8 Å². The quantitative estimate of drug-likeness (QED) is 0.573. The van der Waals surface area contributed by atoms with Crippen molar-refractivity contribution < 1.29 is 23.7 Å². The molecule has 0 aliphatic carbocycles. The van der Waals surface area contributed by atoms with Crippen molar-refractivity contribution in [2.75, 3.05) is 14.2 Å². The lowest BCUT2D eigenvalue weighted by molar-refractivity contribution is -0.596. The summed E-state index contributed by atoms with van der Waals surface area (Å²) in [6.07, 6.45) is 1.87. The van der Waals surface area contributed by atoms with Gasteiger partial charge in [-0.05, 0) is 67.6 Å². The summed E-state index contributed by atoms with van der Waals surface area (Å²) in [5.41, 5.74) is 6.27. The van der Waals surface area contributed by atoms with Gasteiger partial charge < -0.3 is 14.8 Å². The minimum Gasteiger partial charge on any atom is -0.497 e. The number of hydrazine groups is 1. The zero-order valence-corrected chi connectivity index (χ0v) is 18.7. The van der Waals surface area contributed by atoms with Crippen LogP contribution in [-0.2, 0) is 4.79 Å². The molecule has 2 N–H and O–H groups in total. The molecule has 0 spiro atoms. The number of nitrogens with one attached hydrogen (secondary N) is 2. The van der Waals surface area contributed by atoms with Crippen LogP contribution in [0.1, 0.15) is 33.1 Å². The van der Waals surface area contributed by atoms with Crippen LogP contribution in [0.3, 0.4) is 0 Å². The molecule has 33 heavy (non-hydrogen) atoms. The Bertz CT molecular complexity index is 1170. The van der Waals surface area contributed by atoms with Crippen molar-refractivity contribution in [3.8, 4) is 11.5 Å². The number of hydrogen-bond donors (Lipinski definition) is 2. The molecule has 2 atom stereocenters. The van der Waals surface area contributed by atoms with E-state index in [0.29, 0.717) is 17.1 Å². The molecule has 1 fully saturated rings. The summed E-state index contributed by atoms with van der Waals surface area (Å²) in [6, 6.07) is 21.0. The first-order valence-electron chi connectivity index (χ1n) is 10.6. The smallest absolute Gasteiger partial charge is 0.304 e. The van der Waals surface area contributed by atoms with E-state index in [1.54, 1.807) is 43.2 Å². The van der Waals surface area contributed by atoms with Crippen LogP contribution in [0.25, 0.3) is 0 Å². The molecule has 1 saturated heterocycles. The summed E-state index contributed by atoms with van der Waals surface area (Å²) in [5.74, 6) is 0.735. The molecule has 168 valence electrons. The monoisotopic (exact) mass is 444 g/mol. The first-order valence-corrected chi connectivity index (χ1v) is 10.6. The van der Waals surface area contributed by atoms with Gasteiger partial charge in [0.15, 0.2) is 6.04 Å². The van der Waals surface area contributed by atoms with Crippen LogP contribution in [0.5, 0.6) is 11.5 Å². The van der Waals surface area contributed by atoms with Crippen LogP contribution >= 0.6 is 0 Å². The van der Waals surface area contributed by atoms with Crippen LogP contribution < -0.4 is 20.2 Å². The standard InChI is InChI=1S/C26H25N3O4/c1-17-4-6-18(7-5-17)16-29-24(19-8-12-21(32-2)13-9-19)23(26(31)28-29)27-25(30)20-10-14-22(33-3)15-11-20/h4-16,23-24H,1-3H3,(H-,27,28,30,31)/p+1/b29-16-/t23-,24-/m0/s1. The Morgan fingerprint density at radius 3 is 2.06 bits per heavy atom. The Kier molecular flexibility index (Phi) is 6.40. The van der Waals surface area contributed by atoms with Crippen LogP contribution in [0.2, 0.25) is 0 Å². The highest BCUT2D eigenvalue weighted by Gasteiger charge is 2.47. The van der Waals surface area contributed by atoms with Crippen molar-refractivity contribution >= 4 is 18.0 Å². The van der Waals surface area contributed by atoms with Crippen LogP contribution in [0.4, 0.5) is 0 Å². The molecule has 3 aromatic rings. The Balaban J connectivity index is 1.67. The van der Waals surface area contributed by atoms with Gasteiger partial charge in [0.1, 0.15) is 11.5 Å². The molecule has 4 rings (SSSR count). The van der Waals surface area contributed by atoms with E-state index in [9.17, 15) is 9.59 Å². The number of rotatable bonds is 6. The van der Waals surface area contributed by atoms with Crippen LogP contribution in [0, 0.1) is 6.92 Å². The molecule has 1 heterocycles. The van der Waals surface area contributed by atoms with Crippen molar-refractivity contribution in [3.05, 3.63) is 95.1 Å². The van der Waals surface area contributed by atoms with Gasteiger partial charge in [-0.2, -0.15) is 0 Å². The van der Waals surface area contributed by atoms with Crippen LogP contribution in [-0.4, -0.2) is 43.0 Å². The second-order valence-electron chi connectivity index (χ2n) is 7.82. The zero-order valence-electron chi connectivity index (χ0n) is 18.7. The number of carbonyl (C=O) groups excluding carboxylic acids is 2. The highest BCUT2D eigenvalue weighted by molar-refractivity contribution is 5.98. The average Bonchev–Trinajstić information content (AvgIpc) is 3.14. The zero-order chi connectivity index (χ0) is 23.4. The Labute approximate surface area is 192 Å². The first kappa shape index (κ1) is 22.1. The van der Waals surface area contributed by atoms with E-state index in [-0.39, 0.29) is 11.8 Å². The SMILES string of the molecule is COc1ccc(C(=O)N[C@@H]2C(=O)N/[N+](=C\c3ccc(C)cc3)[C@H]2c2ccc(OC)cc2)cc1. The maximum absolute atomic E-state index is 13.0. The van der Waals surface area contributed by atoms with Crippen molar-refractivity contribution in [2.45, 2.75) is 19.0 Å². The summed E-state index contributed by atoms with van der Waals surface area (Å²) in [4.78, 5) is 25.9. The van der Waals surface area contributed by atoms with Crippen molar-refractivity contribution in [1.82, 2.24) is 10.7 Å². The van der Waals surface area contributed by atoms with E-state index in [2.05, 4.69) is 10.7 Å². The van der Waals surface area contributed by atoms with Gasteiger partial charge in [-0.1, -0.05) is 17.7 Å². The van der Waals surface area contributed by atoms with E-state index in [0.717, 1.165) is 16.7 Å². The largest absolute Gasteiger partial charge is 0.497 e. The van der Waals surface area contributed by atoms with E-state index < -0.39 is 12.1 Å². The van der Waals surface area contributed by atoms with Gasteiger partial charge in [0.2, 0.25) is 12.3 Å². The number of ether oxygens (including phenoxy) is 2. The number of methoxy groups -OCH3 is 2. The minimum atomic E-state index is -0.797. The lowest BCUT2D eigenvalue weighted by Gasteiger charge is -2.15. The molecule has 7 heteroatoms. The van der Waals surface area contributed by atoms with E-state index in [1.807, 2.05) is 61.7 Å². The maximum atomic E-state index is 13.0. The topological polar surface area (TPSA) is 79.7 Å². The number of carbonyl (C=O) groups is 2. The van der Waals surface area contributed by atoms with Gasteiger partial charge in [-0.3, -0.25) is 9.59 Å². The predicted octanol–water partition coefficient (Wildman–Crippen LogP) is 3.03. The third-order valence-corrected chi connectivity index (χ3v) is 5.60. The summed E-state index contributed by atoms with van der Waals surface area (Å²) < 4.78 is 12.2. The fourth-order valence-electron chi connectivity index (χ4n) is 3.76. The maximum Gasteiger partial charge on any atom is 0.304 e. The lowest BCUT2D eigenvalue weighted by Crippen LogP contribution is -2.42. The van der Waals surface area contributed by atoms with E-state index in [1.165, 1.54) is 0 Å². The number of nitrogens with zero attached hydrogens (tertiary/aromatic N) is 1. The molecule has 3 aromatic carbocycles. The Morgan fingerprint density at radius 1 is 0.909 bits per heavy atom. The Morgan fingerprint density at radius 2 is 1.48 bits per heavy atom. The van der Waals surface area contributed by atoms with Crippen molar-refractivity contribution in [3.63, 3.8) is 0 Å². The van der Waals surface area contributed by atoms with E-state index >= 15 is 0 Å². The number of benzene rings is 3. The van der Waals surface area contributed by atoms with E-state index in [4.69, 9.17) is 9.47 Å². The van der Waals surface area contributed by atoms with Gasteiger partial charge in [0, 0.05) is 16.7 Å². The predicted molar refractivity (Wildman–Crippen MR) is 125 cm³/mol. The minimum absolute atomic E-state index is 0.291. The fraction of sp³-hybridized carbons (Fsp3) is 0.192. The molecule has 0 aromatic heterocycles. The highest BCUT2D eigenvalue weighted by Crippen LogP contribution is 2.27. The second kappa shape index (κ2) is 9.56. The molecule has 1 aliphatic rings. The normalized spacial score (nSPS) is 18.6. The first-order chi connectivity index (χ1) is 16.0. The third-order valence-electron chi connectivity index (χ3n) is 5.60. The van der Waals surface area contributed by atoms with Gasteiger partial charge in [0.05, 0.1) is 14.2 Å². The lowest BCUT2D eigenvalue weighted by atomic mass is 9.99. The number of hydrogen-bond acceptors (Lipinski definition) is 4. The fourth-order valence-corrected chi connectivity index (χ4v) is 3.76. The van der Waals surface area contributed by atoms with Gasteiger partial charge in [-0.25, -0.2) is 0 Å². The van der Waals surface area contributed by atoms with Gasteiger partial charge in [-0.15, -0.1) is 10.1 Å². The molecule has 0 unspecified atom stereocenters. The summed E-state index contributed by atoms with van der Waals surface area (Å²) in [5, 5.41) is 2.90. The second-order valence-corrected chi connectivity index (χ2v) is 7.82. The molecule has 1 aliphatic heterocycles. The molecular formula is C26H26N3O4+. The summed E-state index contributed by atoms with van der Waals surface area (Å²) in [7, 11) is 3.17. The molecular weight excluding hydrogens is 418 g/mol. The van der Waals surface area contributed by atoms with Gasteiger partial charge >= 0.3 is 5.91 Å². The van der Waals surface area contributed by atoms with Crippen molar-refractivity contribution in [2.24, 2.45) is 0 Å². The van der Waals surface area contributed by atoms with Crippen molar-refractivity contribution in [1.29, 1.82) is 0 Å². The molecule has 0 bridgehead atoms. The number of hydrazone groups is 1. The molecule has 7 nitrogen and oxygen atoms in total. The number of aryl methyl sites for hydroxylation is 1. The summed E-state index contributed by atoms with van der Waals surface area (Å²) >= 11 is 0. The number of amides is 2. The Hall–Kier alpha value is -4.13. The third kappa shape index (κ3) is 4.87. The van der Waals surface area contributed by atoms with Gasteiger partial charge in [0.25, 0.3) is 5.91 Å². The average molecular weight is 445 g/mol. The summed E-state index contributed by atoms with van der Waals surface area (Å²) in [6.45, 7) is 2.02. The molecule has 0 radical (unpaired) electrons.